The van der Waals surface area contributed by atoms with E-state index in [-0.39, 0.29) is 0 Å². The lowest BCUT2D eigenvalue weighted by molar-refractivity contribution is 0.122. The van der Waals surface area contributed by atoms with Gasteiger partial charge in [0.05, 0.1) is 6.10 Å². The van der Waals surface area contributed by atoms with Crippen LogP contribution in [0, 0.1) is 0 Å². The summed E-state index contributed by atoms with van der Waals surface area (Å²) >= 11 is 0. The number of rotatable bonds is 5. The van der Waals surface area contributed by atoms with E-state index < -0.39 is 6.10 Å². The Hall–Kier alpha value is -1.80. The van der Waals surface area contributed by atoms with Crippen molar-refractivity contribution in [3.63, 3.8) is 0 Å². The predicted octanol–water partition coefficient (Wildman–Crippen LogP) is 3.04. The van der Waals surface area contributed by atoms with Crippen molar-refractivity contribution in [3.05, 3.63) is 65.7 Å². The summed E-state index contributed by atoms with van der Waals surface area (Å²) in [5, 5.41) is 9.19. The molecule has 0 fully saturated rings. The van der Waals surface area contributed by atoms with E-state index in [0.717, 1.165) is 12.2 Å². The van der Waals surface area contributed by atoms with E-state index in [9.17, 15) is 5.11 Å². The smallest absolute Gasteiger partial charge is 0.119 e. The predicted molar refractivity (Wildman–Crippen MR) is 72.9 cm³/mol. The van der Waals surface area contributed by atoms with Gasteiger partial charge in [-0.1, -0.05) is 42.5 Å². The molecule has 0 spiro atoms. The minimum Gasteiger partial charge on any atom is -0.491 e. The van der Waals surface area contributed by atoms with Crippen molar-refractivity contribution < 1.29 is 9.84 Å². The van der Waals surface area contributed by atoms with Gasteiger partial charge in [0.2, 0.25) is 0 Å². The molecule has 18 heavy (non-hydrogen) atoms. The van der Waals surface area contributed by atoms with Crippen LogP contribution in [-0.2, 0) is 6.42 Å². The molecule has 0 saturated heterocycles. The lowest BCUT2D eigenvalue weighted by atomic mass is 10.1. The SMILES string of the molecule is C[C@@H](O)COc1cccc(Cc2ccccc2)c1. The molecule has 0 heterocycles. The number of aliphatic hydroxyl groups excluding tert-OH is 1. The van der Waals surface area contributed by atoms with E-state index in [2.05, 4.69) is 18.2 Å². The standard InChI is InChI=1S/C16H18O2/c1-13(17)12-18-16-9-5-8-15(11-16)10-14-6-3-2-4-7-14/h2-9,11,13,17H,10,12H2,1H3/t13-/m1/s1. The summed E-state index contributed by atoms with van der Waals surface area (Å²) < 4.78 is 5.50. The average molecular weight is 242 g/mol. The Morgan fingerprint density at radius 3 is 2.44 bits per heavy atom. The van der Waals surface area contributed by atoms with Gasteiger partial charge >= 0.3 is 0 Å². The Morgan fingerprint density at radius 1 is 1.00 bits per heavy atom. The van der Waals surface area contributed by atoms with Gasteiger partial charge in [0.1, 0.15) is 12.4 Å². The lowest BCUT2D eigenvalue weighted by Crippen LogP contribution is -2.12. The van der Waals surface area contributed by atoms with Crippen LogP contribution in [0.3, 0.4) is 0 Å². The molecule has 2 heteroatoms. The third kappa shape index (κ3) is 3.90. The highest BCUT2D eigenvalue weighted by molar-refractivity contribution is 5.32. The molecule has 0 saturated carbocycles. The van der Waals surface area contributed by atoms with Gasteiger partial charge in [-0.05, 0) is 36.6 Å². The maximum Gasteiger partial charge on any atom is 0.119 e. The van der Waals surface area contributed by atoms with Gasteiger partial charge in [-0.2, -0.15) is 0 Å². The van der Waals surface area contributed by atoms with Crippen LogP contribution in [0.25, 0.3) is 0 Å². The van der Waals surface area contributed by atoms with Crippen molar-refractivity contribution in [1.29, 1.82) is 0 Å². The molecule has 94 valence electrons. The van der Waals surface area contributed by atoms with E-state index >= 15 is 0 Å². The first-order chi connectivity index (χ1) is 8.74. The van der Waals surface area contributed by atoms with Gasteiger partial charge in [0.15, 0.2) is 0 Å². The van der Waals surface area contributed by atoms with E-state index in [1.54, 1.807) is 6.92 Å². The lowest BCUT2D eigenvalue weighted by Gasteiger charge is -2.09. The topological polar surface area (TPSA) is 29.5 Å². The molecule has 0 radical (unpaired) electrons. The highest BCUT2D eigenvalue weighted by atomic mass is 16.5. The molecule has 0 bridgehead atoms. The number of ether oxygens (including phenoxy) is 1. The molecular weight excluding hydrogens is 224 g/mol. The Morgan fingerprint density at radius 2 is 1.72 bits per heavy atom. The number of hydrogen-bond acceptors (Lipinski definition) is 2. The zero-order valence-corrected chi connectivity index (χ0v) is 10.5. The van der Waals surface area contributed by atoms with Crippen molar-refractivity contribution in [3.8, 4) is 5.75 Å². The fraction of sp³-hybridized carbons (Fsp3) is 0.250. The summed E-state index contributed by atoms with van der Waals surface area (Å²) in [7, 11) is 0. The third-order valence-electron chi connectivity index (χ3n) is 2.64. The van der Waals surface area contributed by atoms with Crippen LogP contribution in [0.4, 0.5) is 0 Å². The Kier molecular flexibility index (Phi) is 4.37. The number of hydrogen-bond donors (Lipinski definition) is 1. The first kappa shape index (κ1) is 12.7. The molecule has 1 N–H and O–H groups in total. The van der Waals surface area contributed by atoms with Crippen LogP contribution in [-0.4, -0.2) is 17.8 Å². The van der Waals surface area contributed by atoms with Crippen molar-refractivity contribution in [2.75, 3.05) is 6.61 Å². The van der Waals surface area contributed by atoms with Crippen LogP contribution in [0.5, 0.6) is 5.75 Å². The first-order valence-corrected chi connectivity index (χ1v) is 6.18. The molecule has 0 amide bonds. The van der Waals surface area contributed by atoms with E-state index in [4.69, 9.17) is 4.74 Å². The van der Waals surface area contributed by atoms with Crippen molar-refractivity contribution in [2.24, 2.45) is 0 Å². The molecule has 0 aliphatic rings. The summed E-state index contributed by atoms with van der Waals surface area (Å²) in [6.45, 7) is 2.04. The van der Waals surface area contributed by atoms with Crippen LogP contribution < -0.4 is 4.74 Å². The summed E-state index contributed by atoms with van der Waals surface area (Å²) in [6, 6.07) is 18.3. The average Bonchev–Trinajstić information content (AvgIpc) is 2.38. The van der Waals surface area contributed by atoms with Crippen LogP contribution in [0.1, 0.15) is 18.1 Å². The zero-order chi connectivity index (χ0) is 12.8. The molecule has 2 nitrogen and oxygen atoms in total. The van der Waals surface area contributed by atoms with Crippen molar-refractivity contribution in [2.45, 2.75) is 19.4 Å². The Bertz CT molecular complexity index is 477. The van der Waals surface area contributed by atoms with Gasteiger partial charge in [-0.15, -0.1) is 0 Å². The van der Waals surface area contributed by atoms with E-state index in [1.807, 2.05) is 36.4 Å². The highest BCUT2D eigenvalue weighted by Gasteiger charge is 2.00. The molecule has 0 aliphatic heterocycles. The van der Waals surface area contributed by atoms with Crippen molar-refractivity contribution in [1.82, 2.24) is 0 Å². The summed E-state index contributed by atoms with van der Waals surface area (Å²) in [5.41, 5.74) is 2.49. The second kappa shape index (κ2) is 6.22. The maximum absolute atomic E-state index is 9.19. The summed E-state index contributed by atoms with van der Waals surface area (Å²) in [6.07, 6.45) is 0.454. The van der Waals surface area contributed by atoms with Crippen molar-refractivity contribution >= 4 is 0 Å². The Balaban J connectivity index is 2.03. The Labute approximate surface area is 108 Å². The largest absolute Gasteiger partial charge is 0.491 e. The normalized spacial score (nSPS) is 12.1. The van der Waals surface area contributed by atoms with E-state index in [0.29, 0.717) is 6.61 Å². The van der Waals surface area contributed by atoms with Gasteiger partial charge in [0, 0.05) is 0 Å². The molecule has 2 rings (SSSR count). The van der Waals surface area contributed by atoms with Crippen LogP contribution in [0.15, 0.2) is 54.6 Å². The first-order valence-electron chi connectivity index (χ1n) is 6.18. The number of aliphatic hydroxyl groups is 1. The minimum atomic E-state index is -0.442. The van der Waals surface area contributed by atoms with Gasteiger partial charge in [-0.25, -0.2) is 0 Å². The molecule has 0 unspecified atom stereocenters. The number of benzene rings is 2. The maximum atomic E-state index is 9.19. The second-order valence-corrected chi connectivity index (χ2v) is 4.47. The van der Waals surface area contributed by atoms with Crippen LogP contribution >= 0.6 is 0 Å². The van der Waals surface area contributed by atoms with E-state index in [1.165, 1.54) is 11.1 Å². The molecule has 2 aromatic rings. The molecule has 0 aromatic heterocycles. The quantitative estimate of drug-likeness (QED) is 0.873. The second-order valence-electron chi connectivity index (χ2n) is 4.47. The molecule has 1 atom stereocenters. The highest BCUT2D eigenvalue weighted by Crippen LogP contribution is 2.16. The summed E-state index contributed by atoms with van der Waals surface area (Å²) in [4.78, 5) is 0. The summed E-state index contributed by atoms with van der Waals surface area (Å²) in [5.74, 6) is 0.810. The van der Waals surface area contributed by atoms with Gasteiger partial charge in [-0.3, -0.25) is 0 Å². The fourth-order valence-electron chi connectivity index (χ4n) is 1.79. The minimum absolute atomic E-state index is 0.328. The fourth-order valence-corrected chi connectivity index (χ4v) is 1.79. The monoisotopic (exact) mass is 242 g/mol. The third-order valence-corrected chi connectivity index (χ3v) is 2.64. The molecule has 2 aromatic carbocycles. The van der Waals surface area contributed by atoms with Gasteiger partial charge in [0.25, 0.3) is 0 Å². The molecule has 0 aliphatic carbocycles. The van der Waals surface area contributed by atoms with Crippen LogP contribution in [0.2, 0.25) is 0 Å². The molecular formula is C16H18O2. The zero-order valence-electron chi connectivity index (χ0n) is 10.5. The van der Waals surface area contributed by atoms with Gasteiger partial charge < -0.3 is 9.84 Å².